The fraction of sp³-hybridized carbons (Fsp3) is 0.389. The number of benzene rings is 1. The largest absolute Gasteiger partial charge is 0.447 e. The molecule has 156 valence electrons. The molecule has 0 bridgehead atoms. The maximum Gasteiger partial charge on any atom is 0.416 e. The zero-order valence-electron chi connectivity index (χ0n) is 15.6. The van der Waals surface area contributed by atoms with Gasteiger partial charge in [0.2, 0.25) is 11.9 Å². The predicted octanol–water partition coefficient (Wildman–Crippen LogP) is 4.68. The van der Waals surface area contributed by atoms with Crippen LogP contribution in [0.3, 0.4) is 0 Å². The van der Waals surface area contributed by atoms with E-state index >= 15 is 0 Å². The number of hydrogen-bond acceptors (Lipinski definition) is 5. The first kappa shape index (κ1) is 20.7. The highest BCUT2D eigenvalue weighted by Gasteiger charge is 2.42. The quantitative estimate of drug-likeness (QED) is 0.579. The third kappa shape index (κ3) is 4.22. The van der Waals surface area contributed by atoms with Gasteiger partial charge in [0.15, 0.2) is 0 Å². The van der Waals surface area contributed by atoms with E-state index in [9.17, 15) is 26.7 Å². The van der Waals surface area contributed by atoms with Gasteiger partial charge in [-0.1, -0.05) is 6.07 Å². The first-order valence-corrected chi connectivity index (χ1v) is 8.53. The van der Waals surface area contributed by atoms with Crippen LogP contribution in [0.15, 0.2) is 24.3 Å². The number of amides is 1. The lowest BCUT2D eigenvalue weighted by molar-refractivity contribution is -0.137. The zero-order valence-corrected chi connectivity index (χ0v) is 15.6. The van der Waals surface area contributed by atoms with E-state index in [0.29, 0.717) is 6.07 Å². The molecule has 1 aliphatic heterocycles. The van der Waals surface area contributed by atoms with Crippen LogP contribution in [-0.4, -0.2) is 28.2 Å². The summed E-state index contributed by atoms with van der Waals surface area (Å²) in [5.41, 5.74) is -1.99. The summed E-state index contributed by atoms with van der Waals surface area (Å²) in [6, 6.07) is 2.18. The van der Waals surface area contributed by atoms with Crippen LogP contribution >= 0.6 is 0 Å². The van der Waals surface area contributed by atoms with Crippen molar-refractivity contribution in [2.75, 3.05) is 16.8 Å². The Kier molecular flexibility index (Phi) is 5.10. The van der Waals surface area contributed by atoms with Crippen molar-refractivity contribution in [3.63, 3.8) is 0 Å². The summed E-state index contributed by atoms with van der Waals surface area (Å²) in [4.78, 5) is 20.8. The number of hydrogen-bond donors (Lipinski definition) is 1. The van der Waals surface area contributed by atoms with E-state index in [1.807, 2.05) is 0 Å². The molecule has 1 unspecified atom stereocenters. The number of carbonyl (C=O) groups is 1. The van der Waals surface area contributed by atoms with Gasteiger partial charge in [-0.3, -0.25) is 4.90 Å². The van der Waals surface area contributed by atoms with E-state index in [4.69, 9.17) is 4.74 Å². The first-order chi connectivity index (χ1) is 13.4. The second-order valence-corrected chi connectivity index (χ2v) is 7.17. The molecule has 3 rings (SSSR count). The van der Waals surface area contributed by atoms with Gasteiger partial charge in [-0.05, 0) is 32.9 Å². The SMILES string of the molecule is CC(Nc1nc(F)cc(N2C(=O)OCC2(C)C)n1)c1ccc(C(F)(F)F)cc1F. The average Bonchev–Trinajstić information content (AvgIpc) is 2.86. The fourth-order valence-electron chi connectivity index (χ4n) is 2.93. The van der Waals surface area contributed by atoms with E-state index in [-0.39, 0.29) is 23.9 Å². The van der Waals surface area contributed by atoms with Crippen molar-refractivity contribution in [2.24, 2.45) is 0 Å². The number of cyclic esters (lactones) is 1. The molecule has 1 fully saturated rings. The molecule has 1 aromatic heterocycles. The number of nitrogens with one attached hydrogen (secondary N) is 1. The standard InChI is InChI=1S/C18H17F5N4O2/c1-9(11-5-4-10(6-12(11)19)18(21,22)23)24-15-25-13(20)7-14(26-15)27-16(28)29-8-17(27,2)3/h4-7,9H,8H2,1-3H3,(H,24,25,26). The Hall–Kier alpha value is -2.98. The molecule has 2 heterocycles. The number of anilines is 2. The molecular weight excluding hydrogens is 399 g/mol. The molecule has 1 atom stereocenters. The number of alkyl halides is 3. The lowest BCUT2D eigenvalue weighted by Crippen LogP contribution is -2.42. The molecule has 0 saturated carbocycles. The molecule has 6 nitrogen and oxygen atoms in total. The van der Waals surface area contributed by atoms with Crippen molar-refractivity contribution in [3.05, 3.63) is 47.2 Å². The highest BCUT2D eigenvalue weighted by atomic mass is 19.4. The van der Waals surface area contributed by atoms with Crippen molar-refractivity contribution in [3.8, 4) is 0 Å². The Morgan fingerprint density at radius 2 is 1.90 bits per heavy atom. The van der Waals surface area contributed by atoms with E-state index < -0.39 is 41.2 Å². The summed E-state index contributed by atoms with van der Waals surface area (Å²) >= 11 is 0. The summed E-state index contributed by atoms with van der Waals surface area (Å²) in [6.07, 6.45) is -5.38. The van der Waals surface area contributed by atoms with E-state index in [1.54, 1.807) is 13.8 Å². The molecule has 1 aliphatic rings. The van der Waals surface area contributed by atoms with Crippen LogP contribution in [0.2, 0.25) is 0 Å². The Morgan fingerprint density at radius 3 is 2.45 bits per heavy atom. The molecule has 0 radical (unpaired) electrons. The summed E-state index contributed by atoms with van der Waals surface area (Å²) in [5, 5.41) is 2.64. The van der Waals surface area contributed by atoms with Crippen molar-refractivity contribution in [2.45, 2.75) is 38.5 Å². The van der Waals surface area contributed by atoms with E-state index in [1.165, 1.54) is 6.92 Å². The zero-order chi connectivity index (χ0) is 21.6. The lowest BCUT2D eigenvalue weighted by Gasteiger charge is -2.27. The minimum atomic E-state index is -4.67. The van der Waals surface area contributed by atoms with Gasteiger partial charge in [0.1, 0.15) is 18.2 Å². The first-order valence-electron chi connectivity index (χ1n) is 8.53. The number of ether oxygens (including phenoxy) is 1. The Balaban J connectivity index is 1.87. The third-order valence-corrected chi connectivity index (χ3v) is 4.39. The smallest absolute Gasteiger partial charge is 0.416 e. The Morgan fingerprint density at radius 1 is 1.21 bits per heavy atom. The second kappa shape index (κ2) is 7.12. The van der Waals surface area contributed by atoms with Crippen molar-refractivity contribution < 1.29 is 31.5 Å². The van der Waals surface area contributed by atoms with Crippen LogP contribution < -0.4 is 10.2 Å². The van der Waals surface area contributed by atoms with Crippen molar-refractivity contribution >= 4 is 17.9 Å². The van der Waals surface area contributed by atoms with Crippen LogP contribution in [0.1, 0.15) is 37.9 Å². The van der Waals surface area contributed by atoms with Crippen LogP contribution in [0.5, 0.6) is 0 Å². The molecule has 29 heavy (non-hydrogen) atoms. The molecule has 1 aromatic carbocycles. The number of halogens is 5. The Bertz CT molecular complexity index is 948. The summed E-state index contributed by atoms with van der Waals surface area (Å²) in [6.45, 7) is 4.93. The minimum Gasteiger partial charge on any atom is -0.447 e. The predicted molar refractivity (Wildman–Crippen MR) is 93.3 cm³/mol. The number of aromatic nitrogens is 2. The van der Waals surface area contributed by atoms with Crippen LogP contribution in [0.4, 0.5) is 38.5 Å². The van der Waals surface area contributed by atoms with Crippen molar-refractivity contribution in [1.29, 1.82) is 0 Å². The van der Waals surface area contributed by atoms with Crippen LogP contribution in [0, 0.1) is 11.8 Å². The molecule has 1 N–H and O–H groups in total. The maximum atomic E-state index is 14.2. The molecule has 0 aliphatic carbocycles. The highest BCUT2D eigenvalue weighted by Crippen LogP contribution is 2.33. The van der Waals surface area contributed by atoms with Gasteiger partial charge in [-0.15, -0.1) is 0 Å². The highest BCUT2D eigenvalue weighted by molar-refractivity contribution is 5.90. The van der Waals surface area contributed by atoms with Gasteiger partial charge in [0, 0.05) is 11.6 Å². The molecule has 0 spiro atoms. The van der Waals surface area contributed by atoms with Crippen LogP contribution in [-0.2, 0) is 10.9 Å². The summed E-state index contributed by atoms with van der Waals surface area (Å²) in [5.74, 6) is -2.36. The molecular formula is C18H17F5N4O2. The van der Waals surface area contributed by atoms with Gasteiger partial charge in [-0.25, -0.2) is 9.18 Å². The van der Waals surface area contributed by atoms with Gasteiger partial charge in [0.25, 0.3) is 0 Å². The summed E-state index contributed by atoms with van der Waals surface area (Å²) < 4.78 is 71.2. The topological polar surface area (TPSA) is 67.4 Å². The van der Waals surface area contributed by atoms with Gasteiger partial charge >= 0.3 is 12.3 Å². The Labute approximate surface area is 162 Å². The third-order valence-electron chi connectivity index (χ3n) is 4.39. The molecule has 1 amide bonds. The van der Waals surface area contributed by atoms with Gasteiger partial charge in [-0.2, -0.15) is 27.5 Å². The van der Waals surface area contributed by atoms with Crippen molar-refractivity contribution in [1.82, 2.24) is 9.97 Å². The van der Waals surface area contributed by atoms with Gasteiger partial charge < -0.3 is 10.1 Å². The van der Waals surface area contributed by atoms with Gasteiger partial charge in [0.05, 0.1) is 17.1 Å². The summed E-state index contributed by atoms with van der Waals surface area (Å²) in [7, 11) is 0. The fourth-order valence-corrected chi connectivity index (χ4v) is 2.93. The molecule has 11 heteroatoms. The number of carbonyl (C=O) groups excluding carboxylic acids is 1. The maximum absolute atomic E-state index is 14.2. The lowest BCUT2D eigenvalue weighted by atomic mass is 10.0. The number of nitrogens with zero attached hydrogens (tertiary/aromatic N) is 3. The van der Waals surface area contributed by atoms with Crippen LogP contribution in [0.25, 0.3) is 0 Å². The minimum absolute atomic E-state index is 0.0624. The van der Waals surface area contributed by atoms with E-state index in [2.05, 4.69) is 15.3 Å². The average molecular weight is 416 g/mol. The molecule has 2 aromatic rings. The molecule has 1 saturated heterocycles. The second-order valence-electron chi connectivity index (χ2n) is 7.17. The number of rotatable bonds is 4. The monoisotopic (exact) mass is 416 g/mol. The normalized spacial score (nSPS) is 17.2. The van der Waals surface area contributed by atoms with E-state index in [0.717, 1.165) is 23.1 Å².